The van der Waals surface area contributed by atoms with Crippen molar-refractivity contribution in [3.05, 3.63) is 34.3 Å². The van der Waals surface area contributed by atoms with E-state index in [1.807, 2.05) is 20.0 Å². The van der Waals surface area contributed by atoms with E-state index in [9.17, 15) is 5.11 Å². The number of rotatable bonds is 3. The fourth-order valence-electron chi connectivity index (χ4n) is 2.15. The van der Waals surface area contributed by atoms with Crippen molar-refractivity contribution in [1.29, 1.82) is 0 Å². The number of aliphatic hydroxyl groups excluding tert-OH is 1. The molecule has 0 heterocycles. The van der Waals surface area contributed by atoms with Gasteiger partial charge in [0.1, 0.15) is 0 Å². The van der Waals surface area contributed by atoms with Gasteiger partial charge in [0.15, 0.2) is 0 Å². The van der Waals surface area contributed by atoms with Crippen LogP contribution in [0.3, 0.4) is 0 Å². The van der Waals surface area contributed by atoms with Crippen LogP contribution < -0.4 is 0 Å². The summed E-state index contributed by atoms with van der Waals surface area (Å²) in [7, 11) is 2.04. The third-order valence-electron chi connectivity index (χ3n) is 3.40. The molecule has 16 heavy (non-hydrogen) atoms. The van der Waals surface area contributed by atoms with E-state index in [1.54, 1.807) is 0 Å². The number of aryl methyl sites for hydroxylation is 1. The van der Waals surface area contributed by atoms with Gasteiger partial charge in [-0.1, -0.05) is 23.7 Å². The lowest BCUT2D eigenvalue weighted by Crippen LogP contribution is -2.48. The van der Waals surface area contributed by atoms with Gasteiger partial charge in [0.2, 0.25) is 0 Å². The molecule has 2 atom stereocenters. The molecule has 1 fully saturated rings. The molecule has 0 aromatic heterocycles. The fourth-order valence-corrected chi connectivity index (χ4v) is 2.44. The average Bonchev–Trinajstić information content (AvgIpc) is 2.20. The van der Waals surface area contributed by atoms with E-state index in [1.165, 1.54) is 5.56 Å². The molecular weight excluding hydrogens is 222 g/mol. The number of halogens is 1. The predicted octanol–water partition coefficient (Wildman–Crippen LogP) is 2.60. The summed E-state index contributed by atoms with van der Waals surface area (Å²) in [5, 5.41) is 10.4. The van der Waals surface area contributed by atoms with Crippen molar-refractivity contribution in [3.63, 3.8) is 0 Å². The Labute approximate surface area is 102 Å². The Hall–Kier alpha value is -0.570. The molecular formula is C13H18ClNO. The van der Waals surface area contributed by atoms with E-state index in [-0.39, 0.29) is 6.10 Å². The summed E-state index contributed by atoms with van der Waals surface area (Å²) in [6, 6.07) is 6.44. The molecule has 88 valence electrons. The largest absolute Gasteiger partial charge is 0.391 e. The molecule has 1 saturated carbocycles. The molecule has 0 aliphatic heterocycles. The van der Waals surface area contributed by atoms with Gasteiger partial charge in [-0.25, -0.2) is 0 Å². The van der Waals surface area contributed by atoms with Crippen LogP contribution in [0.2, 0.25) is 5.02 Å². The third kappa shape index (κ3) is 2.40. The molecule has 1 aromatic carbocycles. The summed E-state index contributed by atoms with van der Waals surface area (Å²) in [6.07, 6.45) is 1.85. The normalized spacial score (nSPS) is 24.6. The number of nitrogens with zero attached hydrogens (tertiary/aromatic N) is 1. The smallest absolute Gasteiger partial charge is 0.0696 e. The van der Waals surface area contributed by atoms with Crippen LogP contribution in [0, 0.1) is 6.92 Å². The minimum atomic E-state index is -0.158. The predicted molar refractivity (Wildman–Crippen MR) is 66.7 cm³/mol. The molecule has 1 N–H and O–H groups in total. The number of benzene rings is 1. The topological polar surface area (TPSA) is 23.5 Å². The van der Waals surface area contributed by atoms with Crippen LogP contribution in [-0.2, 0) is 6.54 Å². The first-order valence-electron chi connectivity index (χ1n) is 5.71. The van der Waals surface area contributed by atoms with Crippen LogP contribution in [0.1, 0.15) is 24.0 Å². The van der Waals surface area contributed by atoms with Crippen molar-refractivity contribution in [2.75, 3.05) is 7.05 Å². The van der Waals surface area contributed by atoms with E-state index in [4.69, 9.17) is 11.6 Å². The highest BCUT2D eigenvalue weighted by Crippen LogP contribution is 2.27. The second kappa shape index (κ2) is 4.74. The fraction of sp³-hybridized carbons (Fsp3) is 0.538. The molecule has 1 aromatic rings. The van der Waals surface area contributed by atoms with Crippen LogP contribution >= 0.6 is 11.6 Å². The van der Waals surface area contributed by atoms with Crippen molar-refractivity contribution in [1.82, 2.24) is 4.90 Å². The summed E-state index contributed by atoms with van der Waals surface area (Å²) >= 11 is 6.19. The molecule has 0 spiro atoms. The molecule has 3 heteroatoms. The van der Waals surface area contributed by atoms with Crippen LogP contribution in [0.25, 0.3) is 0 Å². The van der Waals surface area contributed by atoms with Crippen LogP contribution in [0.5, 0.6) is 0 Å². The molecule has 0 saturated heterocycles. The van der Waals surface area contributed by atoms with E-state index in [0.29, 0.717) is 6.04 Å². The van der Waals surface area contributed by atoms with Crippen LogP contribution in [0.4, 0.5) is 0 Å². The monoisotopic (exact) mass is 239 g/mol. The maximum atomic E-state index is 9.59. The SMILES string of the molecule is Cc1ccc(CN(C)C2CCC2O)c(Cl)c1. The Morgan fingerprint density at radius 2 is 2.19 bits per heavy atom. The molecule has 0 amide bonds. The van der Waals surface area contributed by atoms with Crippen molar-refractivity contribution in [2.24, 2.45) is 0 Å². The zero-order chi connectivity index (χ0) is 11.7. The summed E-state index contributed by atoms with van der Waals surface area (Å²) in [5.41, 5.74) is 2.31. The Balaban J connectivity index is 2.03. The molecule has 0 radical (unpaired) electrons. The molecule has 0 bridgehead atoms. The minimum absolute atomic E-state index is 0.158. The Kier molecular flexibility index (Phi) is 3.53. The van der Waals surface area contributed by atoms with Gasteiger partial charge in [-0.05, 0) is 44.0 Å². The summed E-state index contributed by atoms with van der Waals surface area (Å²) in [5.74, 6) is 0. The van der Waals surface area contributed by atoms with Gasteiger partial charge in [-0.15, -0.1) is 0 Å². The number of hydrogen-bond donors (Lipinski definition) is 1. The summed E-state index contributed by atoms with van der Waals surface area (Å²) in [4.78, 5) is 2.19. The zero-order valence-electron chi connectivity index (χ0n) is 9.78. The molecule has 2 nitrogen and oxygen atoms in total. The number of likely N-dealkylation sites (N-methyl/N-ethyl adjacent to an activating group) is 1. The lowest BCUT2D eigenvalue weighted by atomic mass is 9.88. The average molecular weight is 240 g/mol. The minimum Gasteiger partial charge on any atom is -0.391 e. The highest BCUT2D eigenvalue weighted by Gasteiger charge is 2.32. The van der Waals surface area contributed by atoms with Gasteiger partial charge in [-0.3, -0.25) is 4.90 Å². The van der Waals surface area contributed by atoms with Crippen LogP contribution in [-0.4, -0.2) is 29.2 Å². The Morgan fingerprint density at radius 1 is 1.44 bits per heavy atom. The maximum absolute atomic E-state index is 9.59. The van der Waals surface area contributed by atoms with E-state index in [0.717, 1.165) is 30.0 Å². The first-order valence-corrected chi connectivity index (χ1v) is 6.09. The molecule has 1 aliphatic carbocycles. The van der Waals surface area contributed by atoms with Gasteiger partial charge in [0.05, 0.1) is 6.10 Å². The quantitative estimate of drug-likeness (QED) is 0.877. The zero-order valence-corrected chi connectivity index (χ0v) is 10.5. The van der Waals surface area contributed by atoms with Gasteiger partial charge in [0, 0.05) is 17.6 Å². The molecule has 2 rings (SSSR count). The lowest BCUT2D eigenvalue weighted by molar-refractivity contribution is -0.0130. The number of aliphatic hydroxyl groups is 1. The van der Waals surface area contributed by atoms with E-state index >= 15 is 0 Å². The Bertz CT molecular complexity index is 380. The summed E-state index contributed by atoms with van der Waals surface area (Å²) in [6.45, 7) is 2.84. The second-order valence-electron chi connectivity index (χ2n) is 4.72. The molecule has 2 unspecified atom stereocenters. The van der Waals surface area contributed by atoms with Gasteiger partial charge < -0.3 is 5.11 Å². The van der Waals surface area contributed by atoms with E-state index < -0.39 is 0 Å². The standard InChI is InChI=1S/C13H18ClNO/c1-9-3-4-10(11(14)7-9)8-15(2)12-5-6-13(12)16/h3-4,7,12-13,16H,5-6,8H2,1-2H3. The van der Waals surface area contributed by atoms with Gasteiger partial charge in [0.25, 0.3) is 0 Å². The van der Waals surface area contributed by atoms with Gasteiger partial charge >= 0.3 is 0 Å². The maximum Gasteiger partial charge on any atom is 0.0696 e. The van der Waals surface area contributed by atoms with Crippen molar-refractivity contribution < 1.29 is 5.11 Å². The highest BCUT2D eigenvalue weighted by molar-refractivity contribution is 6.31. The first kappa shape index (κ1) is 11.9. The van der Waals surface area contributed by atoms with Crippen molar-refractivity contribution in [2.45, 2.75) is 38.5 Å². The van der Waals surface area contributed by atoms with Gasteiger partial charge in [-0.2, -0.15) is 0 Å². The second-order valence-corrected chi connectivity index (χ2v) is 5.13. The highest BCUT2D eigenvalue weighted by atomic mass is 35.5. The third-order valence-corrected chi connectivity index (χ3v) is 3.75. The molecule has 1 aliphatic rings. The lowest BCUT2D eigenvalue weighted by Gasteiger charge is -2.39. The van der Waals surface area contributed by atoms with Crippen molar-refractivity contribution in [3.8, 4) is 0 Å². The van der Waals surface area contributed by atoms with E-state index in [2.05, 4.69) is 17.0 Å². The van der Waals surface area contributed by atoms with Crippen molar-refractivity contribution >= 4 is 11.6 Å². The number of hydrogen-bond acceptors (Lipinski definition) is 2. The first-order chi connectivity index (χ1) is 7.58. The summed E-state index contributed by atoms with van der Waals surface area (Å²) < 4.78 is 0. The van der Waals surface area contributed by atoms with Crippen LogP contribution in [0.15, 0.2) is 18.2 Å². The Morgan fingerprint density at radius 3 is 2.69 bits per heavy atom.